The maximum atomic E-state index is 9.38. The molecule has 0 aromatic heterocycles. The first-order chi connectivity index (χ1) is 15.9. The second kappa shape index (κ2) is 13.0. The SMILES string of the molecule is CCCCCCCCCCO[C@@H]1[C@@H](N=[N+]=[N-])[C@H](O[Si](C)(C)C(C)(C)C)O[C@@H]2COC(C)(C)O[C@@H]12. The molecule has 2 aliphatic heterocycles. The lowest BCUT2D eigenvalue weighted by Gasteiger charge is -2.52. The van der Waals surface area contributed by atoms with Crippen LogP contribution in [0.2, 0.25) is 18.1 Å². The van der Waals surface area contributed by atoms with E-state index in [1.807, 2.05) is 13.8 Å². The van der Waals surface area contributed by atoms with E-state index in [0.29, 0.717) is 13.2 Å². The van der Waals surface area contributed by atoms with Gasteiger partial charge in [0.15, 0.2) is 20.4 Å². The monoisotopic (exact) mass is 499 g/mol. The maximum absolute atomic E-state index is 9.38. The van der Waals surface area contributed by atoms with Crippen molar-refractivity contribution < 1.29 is 23.4 Å². The fourth-order valence-electron chi connectivity index (χ4n) is 4.21. The average Bonchev–Trinajstić information content (AvgIpc) is 2.73. The Morgan fingerprint density at radius 3 is 2.26 bits per heavy atom. The summed E-state index contributed by atoms with van der Waals surface area (Å²) in [6.45, 7) is 17.9. The minimum Gasteiger partial charge on any atom is -0.392 e. The van der Waals surface area contributed by atoms with Gasteiger partial charge in [-0.3, -0.25) is 0 Å². The molecular formula is C25H49N3O5Si. The molecule has 2 heterocycles. The van der Waals surface area contributed by atoms with Crippen LogP contribution in [0.3, 0.4) is 0 Å². The molecule has 0 bridgehead atoms. The van der Waals surface area contributed by atoms with Crippen molar-refractivity contribution in [1.29, 1.82) is 0 Å². The standard InChI is InChI=1S/C25H49N3O5Si/c1-9-10-11-12-13-14-15-16-17-29-22-20(27-28-26)23(33-34(7,8)24(2,3)4)31-19-18-30-25(5,6)32-21(19)22/h19-23H,9-18H2,1-8H3/t19-,20-,21-,22-,23+/m1/s1. The number of rotatable bonds is 13. The normalized spacial score (nSPS) is 29.4. The third kappa shape index (κ3) is 8.47. The number of fused-ring (bicyclic) bond motifs is 1. The summed E-state index contributed by atoms with van der Waals surface area (Å²) < 4.78 is 31.4. The number of ether oxygens (including phenoxy) is 4. The molecule has 2 aliphatic rings. The van der Waals surface area contributed by atoms with Crippen LogP contribution in [-0.2, 0) is 23.4 Å². The van der Waals surface area contributed by atoms with Gasteiger partial charge in [-0.25, -0.2) is 0 Å². The number of hydrogen-bond donors (Lipinski definition) is 0. The summed E-state index contributed by atoms with van der Waals surface area (Å²) >= 11 is 0. The molecule has 5 atom stereocenters. The fraction of sp³-hybridized carbons (Fsp3) is 1.00. The Balaban J connectivity index is 2.08. The molecule has 8 nitrogen and oxygen atoms in total. The molecule has 34 heavy (non-hydrogen) atoms. The van der Waals surface area contributed by atoms with E-state index >= 15 is 0 Å². The first-order valence-electron chi connectivity index (χ1n) is 13.2. The summed E-state index contributed by atoms with van der Waals surface area (Å²) in [6, 6.07) is -0.622. The van der Waals surface area contributed by atoms with E-state index < -0.39 is 32.5 Å². The van der Waals surface area contributed by atoms with Crippen molar-refractivity contribution in [1.82, 2.24) is 0 Å². The highest BCUT2D eigenvalue weighted by molar-refractivity contribution is 6.74. The highest BCUT2D eigenvalue weighted by Crippen LogP contribution is 2.41. The van der Waals surface area contributed by atoms with Crippen LogP contribution >= 0.6 is 0 Å². The summed E-state index contributed by atoms with van der Waals surface area (Å²) in [6.07, 6.45) is 8.00. The van der Waals surface area contributed by atoms with Crippen LogP contribution < -0.4 is 0 Å². The minimum atomic E-state index is -2.19. The van der Waals surface area contributed by atoms with Gasteiger partial charge in [-0.15, -0.1) is 0 Å². The lowest BCUT2D eigenvalue weighted by molar-refractivity contribution is -0.364. The highest BCUT2D eigenvalue weighted by atomic mass is 28.4. The van der Waals surface area contributed by atoms with Crippen LogP contribution in [0.15, 0.2) is 5.11 Å². The van der Waals surface area contributed by atoms with E-state index in [4.69, 9.17) is 23.4 Å². The Morgan fingerprint density at radius 2 is 1.68 bits per heavy atom. The van der Waals surface area contributed by atoms with Crippen LogP contribution in [0.4, 0.5) is 0 Å². The van der Waals surface area contributed by atoms with Gasteiger partial charge in [-0.05, 0) is 43.9 Å². The molecule has 0 N–H and O–H groups in total. The van der Waals surface area contributed by atoms with Crippen molar-refractivity contribution in [3.63, 3.8) is 0 Å². The summed E-state index contributed by atoms with van der Waals surface area (Å²) in [5.74, 6) is -0.751. The van der Waals surface area contributed by atoms with Crippen molar-refractivity contribution in [3.8, 4) is 0 Å². The van der Waals surface area contributed by atoms with Gasteiger partial charge >= 0.3 is 0 Å². The molecule has 2 fully saturated rings. The number of nitrogens with zero attached hydrogens (tertiary/aromatic N) is 3. The predicted molar refractivity (Wildman–Crippen MR) is 137 cm³/mol. The number of unbranched alkanes of at least 4 members (excludes halogenated alkanes) is 7. The molecule has 0 radical (unpaired) electrons. The molecule has 0 saturated carbocycles. The van der Waals surface area contributed by atoms with Gasteiger partial charge in [0.05, 0.1) is 12.7 Å². The van der Waals surface area contributed by atoms with Crippen molar-refractivity contribution in [2.45, 2.75) is 147 Å². The smallest absolute Gasteiger partial charge is 0.195 e. The minimum absolute atomic E-state index is 0.0108. The van der Waals surface area contributed by atoms with Gasteiger partial charge in [0.2, 0.25) is 0 Å². The summed E-state index contributed by atoms with van der Waals surface area (Å²) in [5, 5.41) is 4.10. The molecule has 2 saturated heterocycles. The molecule has 0 spiro atoms. The van der Waals surface area contributed by atoms with E-state index in [1.54, 1.807) is 0 Å². The number of hydrogen-bond acceptors (Lipinski definition) is 6. The van der Waals surface area contributed by atoms with Gasteiger partial charge in [0, 0.05) is 11.5 Å². The predicted octanol–water partition coefficient (Wildman–Crippen LogP) is 7.09. The lowest BCUT2D eigenvalue weighted by Crippen LogP contribution is -2.66. The van der Waals surface area contributed by atoms with E-state index in [1.165, 1.54) is 38.5 Å². The molecule has 0 aromatic carbocycles. The van der Waals surface area contributed by atoms with Gasteiger partial charge in [0.1, 0.15) is 18.2 Å². The second-order valence-corrected chi connectivity index (χ2v) is 16.5. The second-order valence-electron chi connectivity index (χ2n) is 11.7. The Morgan fingerprint density at radius 1 is 1.06 bits per heavy atom. The van der Waals surface area contributed by atoms with Crippen molar-refractivity contribution in [2.24, 2.45) is 5.11 Å². The maximum Gasteiger partial charge on any atom is 0.195 e. The van der Waals surface area contributed by atoms with Gasteiger partial charge in [-0.1, -0.05) is 77.8 Å². The average molecular weight is 500 g/mol. The molecule has 9 heteroatoms. The van der Waals surface area contributed by atoms with Gasteiger partial charge in [0.25, 0.3) is 0 Å². The molecule has 0 aromatic rings. The molecular weight excluding hydrogens is 450 g/mol. The van der Waals surface area contributed by atoms with E-state index in [9.17, 15) is 5.53 Å². The fourth-order valence-corrected chi connectivity index (χ4v) is 5.34. The Bertz CT molecular complexity index is 663. The summed E-state index contributed by atoms with van der Waals surface area (Å²) in [7, 11) is -2.19. The quantitative estimate of drug-likeness (QED) is 0.0886. The third-order valence-corrected chi connectivity index (χ3v) is 11.8. The first-order valence-corrected chi connectivity index (χ1v) is 16.1. The Kier molecular flexibility index (Phi) is 11.3. The molecule has 0 unspecified atom stereocenters. The van der Waals surface area contributed by atoms with Crippen LogP contribution in [0, 0.1) is 0 Å². The lowest BCUT2D eigenvalue weighted by atomic mass is 9.95. The van der Waals surface area contributed by atoms with Crippen molar-refractivity contribution in [3.05, 3.63) is 10.4 Å². The number of azide groups is 1. The molecule has 2 rings (SSSR count). The first kappa shape index (κ1) is 29.6. The molecule has 0 amide bonds. The van der Waals surface area contributed by atoms with Gasteiger partial charge < -0.3 is 23.4 Å². The Labute approximate surface area is 208 Å². The van der Waals surface area contributed by atoms with Crippen molar-refractivity contribution >= 4 is 8.32 Å². The van der Waals surface area contributed by atoms with Crippen molar-refractivity contribution in [2.75, 3.05) is 13.2 Å². The topological polar surface area (TPSA) is 94.9 Å². The van der Waals surface area contributed by atoms with E-state index in [-0.39, 0.29) is 17.2 Å². The van der Waals surface area contributed by atoms with Crippen LogP contribution in [0.1, 0.15) is 92.9 Å². The highest BCUT2D eigenvalue weighted by Gasteiger charge is 2.54. The zero-order chi connectivity index (χ0) is 25.4. The van der Waals surface area contributed by atoms with Gasteiger partial charge in [-0.2, -0.15) is 0 Å². The third-order valence-electron chi connectivity index (χ3n) is 7.34. The largest absolute Gasteiger partial charge is 0.392 e. The zero-order valence-corrected chi connectivity index (χ0v) is 23.8. The molecule has 0 aliphatic carbocycles. The zero-order valence-electron chi connectivity index (χ0n) is 22.8. The van der Waals surface area contributed by atoms with Crippen LogP contribution in [0.5, 0.6) is 0 Å². The van der Waals surface area contributed by atoms with E-state index in [2.05, 4.69) is 50.8 Å². The van der Waals surface area contributed by atoms with Crippen LogP contribution in [0.25, 0.3) is 10.4 Å². The van der Waals surface area contributed by atoms with E-state index in [0.717, 1.165) is 12.8 Å². The Hall–Kier alpha value is -0.673. The molecule has 198 valence electrons. The van der Waals surface area contributed by atoms with Crippen LogP contribution in [-0.4, -0.2) is 58.0 Å². The summed E-state index contributed by atoms with van der Waals surface area (Å²) in [4.78, 5) is 3.13. The summed E-state index contributed by atoms with van der Waals surface area (Å²) in [5.41, 5.74) is 9.38.